The Morgan fingerprint density at radius 1 is 1.12 bits per heavy atom. The molecule has 3 heteroatoms. The van der Waals surface area contributed by atoms with E-state index in [1.165, 1.54) is 28.4 Å². The van der Waals surface area contributed by atoms with Crippen LogP contribution in [0.25, 0.3) is 21.9 Å². The van der Waals surface area contributed by atoms with E-state index in [1.807, 2.05) is 6.07 Å². The zero-order valence-corrected chi connectivity index (χ0v) is 13.4. The molecule has 3 nitrogen and oxygen atoms in total. The molecule has 0 saturated carbocycles. The molecule has 0 radical (unpaired) electrons. The van der Waals surface area contributed by atoms with Crippen molar-refractivity contribution in [2.24, 2.45) is 5.41 Å². The third-order valence-electron chi connectivity index (χ3n) is 6.13. The van der Waals surface area contributed by atoms with Gasteiger partial charge < -0.3 is 14.2 Å². The van der Waals surface area contributed by atoms with E-state index in [0.717, 1.165) is 24.1 Å². The second-order valence-corrected chi connectivity index (χ2v) is 7.23. The van der Waals surface area contributed by atoms with E-state index in [4.69, 9.17) is 4.42 Å². The lowest BCUT2D eigenvalue weighted by atomic mass is 9.74. The fourth-order valence-electron chi connectivity index (χ4n) is 5.00. The van der Waals surface area contributed by atoms with Crippen LogP contribution in [0.1, 0.15) is 12.0 Å². The highest BCUT2D eigenvalue weighted by Gasteiger charge is 2.53. The Balaban J connectivity index is 1.70. The number of hydrogen-bond donors (Lipinski definition) is 0. The quantitative estimate of drug-likeness (QED) is 0.610. The largest absolute Gasteiger partial charge is 0.454 e. The molecule has 118 valence electrons. The number of hydrogen-bond acceptors (Lipinski definition) is 3. The lowest BCUT2D eigenvalue weighted by molar-refractivity contribution is 0.251. The zero-order chi connectivity index (χ0) is 15.9. The molecule has 4 heterocycles. The highest BCUT2D eigenvalue weighted by atomic mass is 16.3. The second-order valence-electron chi connectivity index (χ2n) is 7.23. The molecule has 6 rings (SSSR count). The van der Waals surface area contributed by atoms with Crippen molar-refractivity contribution in [2.75, 3.05) is 11.4 Å². The number of nitrogens with zero attached hydrogens (tertiary/aromatic N) is 2. The molecule has 2 unspecified atom stereocenters. The molecule has 3 aliphatic heterocycles. The fraction of sp³-hybridized carbons (Fsp3) is 0.238. The number of para-hydroxylation sites is 1. The summed E-state index contributed by atoms with van der Waals surface area (Å²) in [5.41, 5.74) is 4.73. The molecule has 0 N–H and O–H groups in total. The topological polar surface area (TPSA) is 19.6 Å². The number of rotatable bonds is 1. The molecule has 2 aromatic carbocycles. The normalized spacial score (nSPS) is 27.1. The highest BCUT2D eigenvalue weighted by molar-refractivity contribution is 6.10. The summed E-state index contributed by atoms with van der Waals surface area (Å²) in [6, 6.07) is 12.8. The summed E-state index contributed by atoms with van der Waals surface area (Å²) in [5.74, 6) is 0. The first kappa shape index (κ1) is 12.7. The van der Waals surface area contributed by atoms with Crippen molar-refractivity contribution >= 4 is 27.6 Å². The highest BCUT2D eigenvalue weighted by Crippen LogP contribution is 2.54. The van der Waals surface area contributed by atoms with Crippen LogP contribution >= 0.6 is 0 Å². The van der Waals surface area contributed by atoms with Crippen LogP contribution in [-0.4, -0.2) is 17.6 Å². The molecule has 3 aromatic rings. The smallest absolute Gasteiger partial charge is 0.159 e. The van der Waals surface area contributed by atoms with Gasteiger partial charge in [0.05, 0.1) is 5.69 Å². The molecule has 0 amide bonds. The van der Waals surface area contributed by atoms with Crippen LogP contribution in [0.3, 0.4) is 0 Å². The van der Waals surface area contributed by atoms with Crippen molar-refractivity contribution in [3.63, 3.8) is 0 Å². The van der Waals surface area contributed by atoms with Gasteiger partial charge in [-0.05, 0) is 24.5 Å². The summed E-state index contributed by atoms with van der Waals surface area (Å²) in [6.07, 6.45) is 9.18. The number of furan rings is 1. The number of benzene rings is 2. The molecule has 24 heavy (non-hydrogen) atoms. The van der Waals surface area contributed by atoms with Gasteiger partial charge >= 0.3 is 0 Å². The van der Waals surface area contributed by atoms with Crippen molar-refractivity contribution in [2.45, 2.75) is 19.0 Å². The van der Waals surface area contributed by atoms with Gasteiger partial charge in [0.2, 0.25) is 0 Å². The van der Waals surface area contributed by atoms with Gasteiger partial charge in [0.1, 0.15) is 11.7 Å². The van der Waals surface area contributed by atoms with Crippen molar-refractivity contribution in [1.29, 1.82) is 0 Å². The van der Waals surface area contributed by atoms with Gasteiger partial charge in [-0.15, -0.1) is 6.58 Å². The van der Waals surface area contributed by atoms with Gasteiger partial charge in [0.25, 0.3) is 0 Å². The summed E-state index contributed by atoms with van der Waals surface area (Å²) in [7, 11) is 0. The maximum Gasteiger partial charge on any atom is 0.159 e. The van der Waals surface area contributed by atoms with Crippen molar-refractivity contribution in [3.8, 4) is 0 Å². The summed E-state index contributed by atoms with van der Waals surface area (Å²) < 4.78 is 6.30. The third-order valence-corrected chi connectivity index (χ3v) is 6.13. The molecule has 2 atom stereocenters. The fourth-order valence-corrected chi connectivity index (χ4v) is 5.00. The first-order chi connectivity index (χ1) is 11.8. The predicted molar refractivity (Wildman–Crippen MR) is 96.8 cm³/mol. The summed E-state index contributed by atoms with van der Waals surface area (Å²) in [6.45, 7) is 5.28. The monoisotopic (exact) mass is 314 g/mol. The zero-order valence-electron chi connectivity index (χ0n) is 13.4. The molecule has 0 aliphatic carbocycles. The average molecular weight is 314 g/mol. The summed E-state index contributed by atoms with van der Waals surface area (Å²) in [5, 5.41) is 2.41. The van der Waals surface area contributed by atoms with Crippen LogP contribution in [0.4, 0.5) is 5.69 Å². The van der Waals surface area contributed by atoms with E-state index in [2.05, 4.69) is 65.2 Å². The van der Waals surface area contributed by atoms with E-state index in [-0.39, 0.29) is 5.41 Å². The Morgan fingerprint density at radius 2 is 2.04 bits per heavy atom. The Kier molecular flexibility index (Phi) is 2.14. The first-order valence-electron chi connectivity index (χ1n) is 8.60. The minimum Gasteiger partial charge on any atom is -0.454 e. The molecule has 1 saturated heterocycles. The lowest BCUT2D eigenvalue weighted by Crippen LogP contribution is -2.49. The molecular formula is C21H18N2O. The Hall–Kier alpha value is -2.68. The molecule has 3 aliphatic rings. The standard InChI is InChI=1S/C21H18N2O/c1-2-21-9-10-22-11-12-23(20(21)22)18-14(13-21)7-8-16-15-5-3-4-6-17(15)24-19(16)18/h2-8,11-12,20H,1,9-10,13H2. The van der Waals surface area contributed by atoms with Gasteiger partial charge in [0, 0.05) is 35.1 Å². The van der Waals surface area contributed by atoms with Gasteiger partial charge in [-0.1, -0.05) is 36.4 Å². The molecular weight excluding hydrogens is 296 g/mol. The molecule has 1 fully saturated rings. The minimum atomic E-state index is 0.135. The Morgan fingerprint density at radius 3 is 2.96 bits per heavy atom. The summed E-state index contributed by atoms with van der Waals surface area (Å²) in [4.78, 5) is 4.87. The lowest BCUT2D eigenvalue weighted by Gasteiger charge is -2.44. The van der Waals surface area contributed by atoms with Crippen LogP contribution in [0.15, 0.2) is 65.9 Å². The molecule has 1 aromatic heterocycles. The third kappa shape index (κ3) is 1.31. The number of anilines is 1. The second kappa shape index (κ2) is 4.04. The van der Waals surface area contributed by atoms with Crippen LogP contribution in [0.5, 0.6) is 0 Å². The van der Waals surface area contributed by atoms with Crippen molar-refractivity contribution in [3.05, 3.63) is 67.0 Å². The summed E-state index contributed by atoms with van der Waals surface area (Å²) >= 11 is 0. The van der Waals surface area contributed by atoms with Gasteiger partial charge in [0.15, 0.2) is 5.58 Å². The maximum absolute atomic E-state index is 6.30. The van der Waals surface area contributed by atoms with E-state index in [1.54, 1.807) is 0 Å². The van der Waals surface area contributed by atoms with Crippen LogP contribution in [0, 0.1) is 5.41 Å². The maximum atomic E-state index is 6.30. The van der Waals surface area contributed by atoms with Gasteiger partial charge in [-0.25, -0.2) is 0 Å². The van der Waals surface area contributed by atoms with Crippen molar-refractivity contribution < 1.29 is 4.42 Å². The Bertz CT molecular complexity index is 1050. The van der Waals surface area contributed by atoms with E-state index < -0.39 is 0 Å². The Labute approximate surface area is 140 Å². The SMILES string of the molecule is C=CC12CCN3C=CN(c4c(ccc5c4oc4ccccc45)C1)C32. The van der Waals surface area contributed by atoms with Crippen molar-refractivity contribution in [1.82, 2.24) is 4.90 Å². The number of fused-ring (bicyclic) bond motifs is 6. The minimum absolute atomic E-state index is 0.135. The van der Waals surface area contributed by atoms with E-state index in [9.17, 15) is 0 Å². The van der Waals surface area contributed by atoms with Gasteiger partial charge in [-0.2, -0.15) is 0 Å². The van der Waals surface area contributed by atoms with E-state index in [0.29, 0.717) is 6.17 Å². The van der Waals surface area contributed by atoms with Crippen LogP contribution in [0.2, 0.25) is 0 Å². The first-order valence-corrected chi connectivity index (χ1v) is 8.60. The van der Waals surface area contributed by atoms with Crippen LogP contribution < -0.4 is 4.90 Å². The predicted octanol–water partition coefficient (Wildman–Crippen LogP) is 4.64. The van der Waals surface area contributed by atoms with Gasteiger partial charge in [-0.3, -0.25) is 0 Å². The molecule has 0 spiro atoms. The molecule has 0 bridgehead atoms. The average Bonchev–Trinajstić information content (AvgIpc) is 3.30. The van der Waals surface area contributed by atoms with E-state index >= 15 is 0 Å². The van der Waals surface area contributed by atoms with Crippen LogP contribution in [-0.2, 0) is 6.42 Å².